The Bertz CT molecular complexity index is 763. The number of anilines is 1. The molecule has 1 heterocycles. The Morgan fingerprint density at radius 3 is 2.47 bits per heavy atom. The van der Waals surface area contributed by atoms with Crippen molar-refractivity contribution >= 4 is 50.1 Å². The summed E-state index contributed by atoms with van der Waals surface area (Å²) >= 11 is 5.43. The molecule has 1 aromatic heterocycles. The van der Waals surface area contributed by atoms with Crippen LogP contribution in [0.3, 0.4) is 0 Å². The van der Waals surface area contributed by atoms with Crippen LogP contribution in [0.15, 0.2) is 35.1 Å². The maximum absolute atomic E-state index is 13.2. The standard InChI is InChI=1S/C25H37BrN2OS/c1-3-5-7-9-10-11-16-23(30-17-12-8-6-4-2)25(29)28-22-15-13-14-20-18-27-19-21(26)24(20)22/h13-15,18-19,23H,3-12,16-17H2,1-2H3,(H,28,29). The van der Waals surface area contributed by atoms with Gasteiger partial charge in [-0.15, -0.1) is 11.8 Å². The Kier molecular flexibility index (Phi) is 12.5. The number of halogens is 1. The van der Waals surface area contributed by atoms with E-state index in [0.29, 0.717) is 0 Å². The first kappa shape index (κ1) is 25.2. The van der Waals surface area contributed by atoms with Gasteiger partial charge in [-0.1, -0.05) is 83.8 Å². The number of benzene rings is 1. The second kappa shape index (κ2) is 14.9. The van der Waals surface area contributed by atoms with Gasteiger partial charge in [0.25, 0.3) is 0 Å². The van der Waals surface area contributed by atoms with E-state index in [1.807, 2.05) is 36.2 Å². The van der Waals surface area contributed by atoms with E-state index in [4.69, 9.17) is 0 Å². The summed E-state index contributed by atoms with van der Waals surface area (Å²) in [7, 11) is 0. The number of aromatic nitrogens is 1. The normalized spacial score (nSPS) is 12.2. The van der Waals surface area contributed by atoms with Crippen LogP contribution in [0, 0.1) is 0 Å². The molecule has 0 saturated heterocycles. The van der Waals surface area contributed by atoms with Crippen LogP contribution in [-0.4, -0.2) is 21.9 Å². The molecule has 1 atom stereocenters. The Morgan fingerprint density at radius 2 is 1.70 bits per heavy atom. The first-order valence-corrected chi connectivity index (χ1v) is 13.5. The highest BCUT2D eigenvalue weighted by molar-refractivity contribution is 9.10. The van der Waals surface area contributed by atoms with E-state index in [2.05, 4.69) is 40.1 Å². The largest absolute Gasteiger partial charge is 0.325 e. The minimum Gasteiger partial charge on any atom is -0.325 e. The number of carbonyl (C=O) groups is 1. The predicted octanol–water partition coefficient (Wildman–Crippen LogP) is 8.37. The van der Waals surface area contributed by atoms with E-state index in [1.165, 1.54) is 57.8 Å². The second-order valence-corrected chi connectivity index (χ2v) is 10.2. The molecular formula is C25H37BrN2OS. The number of hydrogen-bond donors (Lipinski definition) is 1. The van der Waals surface area contributed by atoms with Crippen LogP contribution in [0.1, 0.15) is 84.5 Å². The quantitative estimate of drug-likeness (QED) is 0.253. The number of unbranched alkanes of at least 4 members (excludes halogenated alkanes) is 8. The van der Waals surface area contributed by atoms with Gasteiger partial charge < -0.3 is 5.32 Å². The summed E-state index contributed by atoms with van der Waals surface area (Å²) < 4.78 is 0.913. The first-order chi connectivity index (χ1) is 14.7. The summed E-state index contributed by atoms with van der Waals surface area (Å²) in [5.41, 5.74) is 0.867. The van der Waals surface area contributed by atoms with Gasteiger partial charge in [0.2, 0.25) is 5.91 Å². The van der Waals surface area contributed by atoms with Crippen molar-refractivity contribution in [2.45, 2.75) is 89.7 Å². The lowest BCUT2D eigenvalue weighted by atomic mass is 10.1. The molecule has 0 bridgehead atoms. The molecule has 1 aromatic carbocycles. The van der Waals surface area contributed by atoms with Gasteiger partial charge in [0.1, 0.15) is 0 Å². The van der Waals surface area contributed by atoms with Gasteiger partial charge in [0.15, 0.2) is 0 Å². The van der Waals surface area contributed by atoms with Gasteiger partial charge in [-0.05, 0) is 40.6 Å². The molecule has 0 aliphatic rings. The molecule has 0 fully saturated rings. The van der Waals surface area contributed by atoms with E-state index in [9.17, 15) is 4.79 Å². The van der Waals surface area contributed by atoms with Crippen LogP contribution in [0.2, 0.25) is 0 Å². The highest BCUT2D eigenvalue weighted by Crippen LogP contribution is 2.31. The van der Waals surface area contributed by atoms with Gasteiger partial charge in [-0.3, -0.25) is 9.78 Å². The Hall–Kier alpha value is -1.07. The second-order valence-electron chi connectivity index (χ2n) is 7.99. The zero-order valence-electron chi connectivity index (χ0n) is 18.6. The zero-order valence-corrected chi connectivity index (χ0v) is 21.0. The molecule has 0 saturated carbocycles. The molecule has 30 heavy (non-hydrogen) atoms. The van der Waals surface area contributed by atoms with E-state index < -0.39 is 0 Å². The molecule has 166 valence electrons. The number of hydrogen-bond acceptors (Lipinski definition) is 3. The molecule has 1 unspecified atom stereocenters. The zero-order chi connectivity index (χ0) is 21.6. The smallest absolute Gasteiger partial charge is 0.237 e. The molecule has 0 aliphatic carbocycles. The summed E-state index contributed by atoms with van der Waals surface area (Å²) in [5, 5.41) is 5.29. The van der Waals surface area contributed by atoms with Gasteiger partial charge in [0, 0.05) is 33.3 Å². The van der Waals surface area contributed by atoms with Crippen molar-refractivity contribution in [3.63, 3.8) is 0 Å². The molecule has 5 heteroatoms. The summed E-state index contributed by atoms with van der Waals surface area (Å²) in [5.74, 6) is 1.21. The maximum atomic E-state index is 13.2. The average Bonchev–Trinajstić information content (AvgIpc) is 2.74. The van der Waals surface area contributed by atoms with E-state index in [0.717, 1.165) is 39.5 Å². The molecule has 2 rings (SSSR count). The number of amides is 1. The fraction of sp³-hybridized carbons (Fsp3) is 0.600. The lowest BCUT2D eigenvalue weighted by molar-refractivity contribution is -0.115. The number of nitrogens with one attached hydrogen (secondary N) is 1. The Labute approximate surface area is 195 Å². The van der Waals surface area contributed by atoms with Crippen molar-refractivity contribution in [1.29, 1.82) is 0 Å². The monoisotopic (exact) mass is 492 g/mol. The summed E-state index contributed by atoms with van der Waals surface area (Å²) in [4.78, 5) is 17.4. The van der Waals surface area contributed by atoms with Gasteiger partial charge in [-0.25, -0.2) is 0 Å². The van der Waals surface area contributed by atoms with E-state index in [1.54, 1.807) is 6.20 Å². The number of thioether (sulfide) groups is 1. The van der Waals surface area contributed by atoms with Gasteiger partial charge in [0.05, 0.1) is 5.25 Å². The minimum atomic E-state index is 0.0219. The highest BCUT2D eigenvalue weighted by atomic mass is 79.9. The van der Waals surface area contributed by atoms with Gasteiger partial charge in [-0.2, -0.15) is 0 Å². The van der Waals surface area contributed by atoms with Crippen molar-refractivity contribution in [2.24, 2.45) is 0 Å². The molecule has 0 radical (unpaired) electrons. The van der Waals surface area contributed by atoms with Crippen LogP contribution < -0.4 is 5.32 Å². The minimum absolute atomic E-state index is 0.0219. The highest BCUT2D eigenvalue weighted by Gasteiger charge is 2.20. The van der Waals surface area contributed by atoms with Crippen molar-refractivity contribution in [3.8, 4) is 0 Å². The average molecular weight is 494 g/mol. The summed E-state index contributed by atoms with van der Waals surface area (Å²) in [6, 6.07) is 5.99. The van der Waals surface area contributed by atoms with Crippen molar-refractivity contribution in [1.82, 2.24) is 4.98 Å². The van der Waals surface area contributed by atoms with Crippen molar-refractivity contribution < 1.29 is 4.79 Å². The molecule has 0 spiro atoms. The lowest BCUT2D eigenvalue weighted by Crippen LogP contribution is -2.26. The lowest BCUT2D eigenvalue weighted by Gasteiger charge is -2.18. The fourth-order valence-corrected chi connectivity index (χ4v) is 5.42. The summed E-state index contributed by atoms with van der Waals surface area (Å²) in [6.45, 7) is 4.48. The molecule has 2 aromatic rings. The molecule has 3 nitrogen and oxygen atoms in total. The van der Waals surface area contributed by atoms with E-state index in [-0.39, 0.29) is 11.2 Å². The van der Waals surface area contributed by atoms with Crippen LogP contribution in [0.5, 0.6) is 0 Å². The Balaban J connectivity index is 1.98. The first-order valence-electron chi connectivity index (χ1n) is 11.6. The van der Waals surface area contributed by atoms with Crippen molar-refractivity contribution in [3.05, 3.63) is 35.1 Å². The SMILES string of the molecule is CCCCCCCCC(SCCCCCC)C(=O)Nc1cccc2cncc(Br)c12. The third-order valence-electron chi connectivity index (χ3n) is 5.42. The van der Waals surface area contributed by atoms with E-state index >= 15 is 0 Å². The molecule has 1 N–H and O–H groups in total. The number of rotatable bonds is 15. The van der Waals surface area contributed by atoms with Crippen LogP contribution in [0.4, 0.5) is 5.69 Å². The maximum Gasteiger partial charge on any atom is 0.237 e. The van der Waals surface area contributed by atoms with Crippen LogP contribution >= 0.6 is 27.7 Å². The topological polar surface area (TPSA) is 42.0 Å². The third kappa shape index (κ3) is 8.58. The molecular weight excluding hydrogens is 456 g/mol. The molecule has 0 aliphatic heterocycles. The van der Waals surface area contributed by atoms with Crippen LogP contribution in [-0.2, 0) is 4.79 Å². The predicted molar refractivity (Wildman–Crippen MR) is 136 cm³/mol. The fourth-order valence-electron chi connectivity index (χ4n) is 3.66. The number of fused-ring (bicyclic) bond motifs is 1. The molecule has 1 amide bonds. The number of carbonyl (C=O) groups excluding carboxylic acids is 1. The van der Waals surface area contributed by atoms with Crippen molar-refractivity contribution in [2.75, 3.05) is 11.1 Å². The summed E-state index contributed by atoms with van der Waals surface area (Å²) in [6.07, 6.45) is 17.1. The van der Waals surface area contributed by atoms with Gasteiger partial charge >= 0.3 is 0 Å². The number of pyridine rings is 1. The van der Waals surface area contributed by atoms with Crippen LogP contribution in [0.25, 0.3) is 10.8 Å². The number of nitrogens with zero attached hydrogens (tertiary/aromatic N) is 1. The Morgan fingerprint density at radius 1 is 1.00 bits per heavy atom. The third-order valence-corrected chi connectivity index (χ3v) is 7.40.